The number of hydrogen-bond acceptors (Lipinski definition) is 5. The normalized spacial score (nSPS) is 8.38. The lowest BCUT2D eigenvalue weighted by atomic mass is 10.2. The van der Waals surface area contributed by atoms with E-state index in [0.717, 1.165) is 0 Å². The molecule has 0 heterocycles. The van der Waals surface area contributed by atoms with Crippen molar-refractivity contribution >= 4 is 17.5 Å². The highest BCUT2D eigenvalue weighted by atomic mass is 16.5. The molecule has 0 saturated heterocycles. The molecule has 1 N–H and O–H groups in total. The molecule has 0 aromatic carbocycles. The molecule has 0 fully saturated rings. The van der Waals surface area contributed by atoms with Crippen molar-refractivity contribution in [1.82, 2.24) is 0 Å². The average molecular weight is 184 g/mol. The van der Waals surface area contributed by atoms with E-state index < -0.39 is 24.0 Å². The van der Waals surface area contributed by atoms with Crippen LogP contribution in [0.5, 0.6) is 0 Å². The minimum absolute atomic E-state index is 0.0933. The number of ether oxygens (including phenoxy) is 1. The van der Waals surface area contributed by atoms with Crippen LogP contribution in [-0.2, 0) is 14.3 Å². The van der Waals surface area contributed by atoms with Crippen molar-refractivity contribution in [3.05, 3.63) is 10.4 Å². The fourth-order valence-electron chi connectivity index (χ4n) is 0.492. The number of carbonyl (C=O) groups excluding carboxylic acids is 2. The number of nitrogens with zero attached hydrogens (tertiary/aromatic N) is 3. The molecule has 0 rings (SSSR count). The minimum Gasteiger partial charge on any atom is -0.461 e. The average Bonchev–Trinajstić information content (AvgIpc) is 2.13. The molecule has 0 amide bonds. The molecule has 0 unspecified atom stereocenters. The van der Waals surface area contributed by atoms with Gasteiger partial charge < -0.3 is 4.74 Å². The number of azide groups is 1. The van der Waals surface area contributed by atoms with E-state index in [9.17, 15) is 9.59 Å². The molecular weight excluding hydrogens is 176 g/mol. The predicted octanol–water partition coefficient (Wildman–Crippen LogP) is 0.449. The number of nitrogens with one attached hydrogen (secondary N) is 1. The number of rotatable bonds is 5. The number of ketones is 1. The number of hydrogen-bond donors (Lipinski definition) is 1. The van der Waals surface area contributed by atoms with Gasteiger partial charge in [-0.25, -0.2) is 4.79 Å². The van der Waals surface area contributed by atoms with Crippen molar-refractivity contribution in [2.75, 3.05) is 13.2 Å². The summed E-state index contributed by atoms with van der Waals surface area (Å²) in [5.41, 5.74) is 7.06. The molecule has 13 heavy (non-hydrogen) atoms. The summed E-state index contributed by atoms with van der Waals surface area (Å²) < 4.78 is 4.39. The third-order valence-corrected chi connectivity index (χ3v) is 1.04. The molecule has 0 bridgehead atoms. The first kappa shape index (κ1) is 11.1. The number of carbonyl (C=O) groups is 2. The van der Waals surface area contributed by atoms with Crippen LogP contribution in [-0.4, -0.2) is 30.6 Å². The van der Waals surface area contributed by atoms with Crippen LogP contribution in [0.3, 0.4) is 0 Å². The van der Waals surface area contributed by atoms with Gasteiger partial charge in [0.25, 0.3) is 0 Å². The first-order valence-electron chi connectivity index (χ1n) is 3.43. The van der Waals surface area contributed by atoms with Crippen LogP contribution in [0.2, 0.25) is 0 Å². The van der Waals surface area contributed by atoms with Gasteiger partial charge in [-0.2, -0.15) is 0 Å². The second-order valence-corrected chi connectivity index (χ2v) is 1.91. The molecule has 0 aromatic heterocycles. The van der Waals surface area contributed by atoms with Crippen LogP contribution >= 0.6 is 0 Å². The van der Waals surface area contributed by atoms with E-state index in [1.165, 1.54) is 0 Å². The van der Waals surface area contributed by atoms with Gasteiger partial charge in [0, 0.05) is 4.91 Å². The van der Waals surface area contributed by atoms with Gasteiger partial charge in [0.05, 0.1) is 13.2 Å². The van der Waals surface area contributed by atoms with Crippen LogP contribution in [0.1, 0.15) is 6.92 Å². The maximum Gasteiger partial charge on any atom is 0.359 e. The largest absolute Gasteiger partial charge is 0.461 e. The zero-order valence-corrected chi connectivity index (χ0v) is 6.98. The van der Waals surface area contributed by atoms with Crippen LogP contribution in [0.25, 0.3) is 10.4 Å². The Morgan fingerprint density at radius 1 is 1.62 bits per heavy atom. The van der Waals surface area contributed by atoms with Gasteiger partial charge in [-0.3, -0.25) is 10.2 Å². The molecule has 0 spiro atoms. The van der Waals surface area contributed by atoms with E-state index in [-0.39, 0.29) is 6.61 Å². The Morgan fingerprint density at radius 2 is 2.23 bits per heavy atom. The fourth-order valence-corrected chi connectivity index (χ4v) is 0.492. The zero-order chi connectivity index (χ0) is 10.3. The molecule has 0 saturated carbocycles. The maximum atomic E-state index is 10.8. The van der Waals surface area contributed by atoms with Crippen molar-refractivity contribution in [2.45, 2.75) is 6.92 Å². The van der Waals surface area contributed by atoms with Gasteiger partial charge in [-0.05, 0) is 12.5 Å². The lowest BCUT2D eigenvalue weighted by Gasteiger charge is -1.99. The van der Waals surface area contributed by atoms with Gasteiger partial charge in [0.1, 0.15) is 0 Å². The quantitative estimate of drug-likeness (QED) is 0.167. The molecular formula is C6H8N4O3. The summed E-state index contributed by atoms with van der Waals surface area (Å²) in [6, 6.07) is 0. The summed E-state index contributed by atoms with van der Waals surface area (Å²) in [5, 5.41) is 9.89. The van der Waals surface area contributed by atoms with Crippen molar-refractivity contribution < 1.29 is 14.3 Å². The highest BCUT2D eigenvalue weighted by molar-refractivity contribution is 6.63. The summed E-state index contributed by atoms with van der Waals surface area (Å²) >= 11 is 0. The Labute approximate surface area is 73.8 Å². The lowest BCUT2D eigenvalue weighted by Crippen LogP contribution is -2.26. The molecule has 0 aliphatic heterocycles. The molecule has 70 valence electrons. The van der Waals surface area contributed by atoms with Crippen molar-refractivity contribution in [2.24, 2.45) is 5.11 Å². The van der Waals surface area contributed by atoms with Gasteiger partial charge >= 0.3 is 5.97 Å². The molecule has 7 nitrogen and oxygen atoms in total. The molecule has 7 heteroatoms. The highest BCUT2D eigenvalue weighted by Crippen LogP contribution is 1.86. The molecule has 0 radical (unpaired) electrons. The molecule has 0 aromatic rings. The SMILES string of the molecule is CCOC(=O)C(=N)C(=O)CN=[N+]=[N-]. The monoisotopic (exact) mass is 184 g/mol. The number of Topliss-reactive ketones (excluding diaryl/α,β-unsaturated/α-hetero) is 1. The second kappa shape index (κ2) is 5.73. The van der Waals surface area contributed by atoms with E-state index in [4.69, 9.17) is 10.9 Å². The first-order chi connectivity index (χ1) is 6.13. The van der Waals surface area contributed by atoms with E-state index in [1.54, 1.807) is 6.92 Å². The van der Waals surface area contributed by atoms with E-state index >= 15 is 0 Å². The third kappa shape index (κ3) is 3.88. The van der Waals surface area contributed by atoms with E-state index in [1.807, 2.05) is 0 Å². The van der Waals surface area contributed by atoms with Crippen LogP contribution in [0.15, 0.2) is 5.11 Å². The van der Waals surface area contributed by atoms with Gasteiger partial charge in [0.15, 0.2) is 11.5 Å². The summed E-state index contributed by atoms with van der Waals surface area (Å²) in [4.78, 5) is 23.9. The number of esters is 1. The predicted molar refractivity (Wildman–Crippen MR) is 43.4 cm³/mol. The summed E-state index contributed by atoms with van der Waals surface area (Å²) in [5.74, 6) is -1.85. The third-order valence-electron chi connectivity index (χ3n) is 1.04. The summed E-state index contributed by atoms with van der Waals surface area (Å²) in [7, 11) is 0. The van der Waals surface area contributed by atoms with Gasteiger partial charge in [-0.15, -0.1) is 0 Å². The topological polar surface area (TPSA) is 116 Å². The second-order valence-electron chi connectivity index (χ2n) is 1.91. The van der Waals surface area contributed by atoms with E-state index in [0.29, 0.717) is 0 Å². The maximum absolute atomic E-state index is 10.8. The van der Waals surface area contributed by atoms with Crippen molar-refractivity contribution in [3.8, 4) is 0 Å². The fraction of sp³-hybridized carbons (Fsp3) is 0.500. The lowest BCUT2D eigenvalue weighted by molar-refractivity contribution is -0.135. The van der Waals surface area contributed by atoms with Crippen molar-refractivity contribution in [3.63, 3.8) is 0 Å². The smallest absolute Gasteiger partial charge is 0.359 e. The van der Waals surface area contributed by atoms with Gasteiger partial charge in [0.2, 0.25) is 0 Å². The Morgan fingerprint density at radius 3 is 2.69 bits per heavy atom. The van der Waals surface area contributed by atoms with Crippen LogP contribution in [0, 0.1) is 5.41 Å². The van der Waals surface area contributed by atoms with Crippen LogP contribution < -0.4 is 0 Å². The van der Waals surface area contributed by atoms with Gasteiger partial charge in [-0.1, -0.05) is 5.11 Å². The Bertz CT molecular complexity index is 280. The standard InChI is InChI=1S/C6H8N4O3/c1-2-13-6(12)5(7)4(11)3-9-10-8/h7H,2-3H2,1H3. The Hall–Kier alpha value is -1.88. The first-order valence-corrected chi connectivity index (χ1v) is 3.43. The Balaban J connectivity index is 4.17. The highest BCUT2D eigenvalue weighted by Gasteiger charge is 2.17. The zero-order valence-electron chi connectivity index (χ0n) is 6.98. The summed E-state index contributed by atoms with van der Waals surface area (Å²) in [6.45, 7) is 1.12. The van der Waals surface area contributed by atoms with Crippen molar-refractivity contribution in [1.29, 1.82) is 5.41 Å². The van der Waals surface area contributed by atoms with E-state index in [2.05, 4.69) is 14.8 Å². The Kier molecular flexibility index (Phi) is 4.90. The summed E-state index contributed by atoms with van der Waals surface area (Å²) in [6.07, 6.45) is 0. The molecule has 0 atom stereocenters. The van der Waals surface area contributed by atoms with Crippen LogP contribution in [0.4, 0.5) is 0 Å². The molecule has 0 aliphatic rings. The molecule has 0 aliphatic carbocycles. The minimum atomic E-state index is -0.999.